The molecule has 17 heavy (non-hydrogen) atoms. The van der Waals surface area contributed by atoms with E-state index in [1.165, 1.54) is 6.07 Å². The Morgan fingerprint density at radius 3 is 2.94 bits per heavy atom. The van der Waals surface area contributed by atoms with Crippen LogP contribution in [0.15, 0.2) is 21.3 Å². The maximum absolute atomic E-state index is 11.2. The van der Waals surface area contributed by atoms with Gasteiger partial charge < -0.3 is 14.3 Å². The second kappa shape index (κ2) is 5.36. The van der Waals surface area contributed by atoms with Crippen molar-refractivity contribution < 1.29 is 14.3 Å². The third-order valence-electron chi connectivity index (χ3n) is 3.24. The number of rotatable bonds is 4. The van der Waals surface area contributed by atoms with Crippen molar-refractivity contribution in [1.82, 2.24) is 0 Å². The Labute approximate surface area is 100 Å². The van der Waals surface area contributed by atoms with Crippen molar-refractivity contribution in [3.63, 3.8) is 0 Å². The Morgan fingerprint density at radius 1 is 1.53 bits per heavy atom. The van der Waals surface area contributed by atoms with Crippen molar-refractivity contribution >= 4 is 0 Å². The van der Waals surface area contributed by atoms with E-state index in [1.54, 1.807) is 0 Å². The van der Waals surface area contributed by atoms with Crippen LogP contribution < -0.4 is 5.63 Å². The third-order valence-corrected chi connectivity index (χ3v) is 3.24. The van der Waals surface area contributed by atoms with Crippen LogP contribution in [0.2, 0.25) is 0 Å². The average Bonchev–Trinajstić information content (AvgIpc) is 2.77. The van der Waals surface area contributed by atoms with Gasteiger partial charge in [-0.1, -0.05) is 6.92 Å². The zero-order chi connectivity index (χ0) is 12.3. The van der Waals surface area contributed by atoms with Crippen LogP contribution in [0.25, 0.3) is 0 Å². The maximum Gasteiger partial charge on any atom is 0.339 e. The fourth-order valence-electron chi connectivity index (χ4n) is 2.32. The molecular weight excluding hydrogens is 220 g/mol. The van der Waals surface area contributed by atoms with Gasteiger partial charge in [0.2, 0.25) is 0 Å². The highest BCUT2D eigenvalue weighted by Crippen LogP contribution is 2.30. The first-order valence-electron chi connectivity index (χ1n) is 6.14. The molecule has 2 heterocycles. The van der Waals surface area contributed by atoms with Crippen LogP contribution in [-0.4, -0.2) is 17.8 Å². The fraction of sp³-hybridized carbons (Fsp3) is 0.615. The van der Waals surface area contributed by atoms with Crippen molar-refractivity contribution in [2.45, 2.75) is 44.6 Å². The summed E-state index contributed by atoms with van der Waals surface area (Å²) < 4.78 is 10.7. The van der Waals surface area contributed by atoms with Gasteiger partial charge in [-0.3, -0.25) is 0 Å². The van der Waals surface area contributed by atoms with Gasteiger partial charge in [-0.2, -0.15) is 0 Å². The standard InChI is InChI=1S/C13H18O4/c1-2-9(6-11-4-3-5-16-11)12-7-10(14)8-13(15)17-12/h7-9,11,14H,2-6H2,1H3. The quantitative estimate of drug-likeness (QED) is 0.875. The number of aromatic hydroxyl groups is 1. The van der Waals surface area contributed by atoms with Crippen LogP contribution in [0.5, 0.6) is 5.75 Å². The zero-order valence-electron chi connectivity index (χ0n) is 10.0. The summed E-state index contributed by atoms with van der Waals surface area (Å²) in [6, 6.07) is 2.62. The maximum atomic E-state index is 11.2. The summed E-state index contributed by atoms with van der Waals surface area (Å²) in [7, 11) is 0. The smallest absolute Gasteiger partial charge is 0.339 e. The summed E-state index contributed by atoms with van der Waals surface area (Å²) in [5.74, 6) is 0.674. The monoisotopic (exact) mass is 238 g/mol. The first-order valence-corrected chi connectivity index (χ1v) is 6.14. The van der Waals surface area contributed by atoms with Gasteiger partial charge in [-0.05, 0) is 25.7 Å². The molecule has 4 nitrogen and oxygen atoms in total. The van der Waals surface area contributed by atoms with Crippen molar-refractivity contribution in [2.24, 2.45) is 0 Å². The predicted octanol–water partition coefficient (Wildman–Crippen LogP) is 2.41. The minimum Gasteiger partial charge on any atom is -0.508 e. The summed E-state index contributed by atoms with van der Waals surface area (Å²) >= 11 is 0. The number of hydrogen-bond acceptors (Lipinski definition) is 4. The molecule has 0 aliphatic carbocycles. The Hall–Kier alpha value is -1.29. The topological polar surface area (TPSA) is 59.7 Å². The molecule has 0 bridgehead atoms. The Morgan fingerprint density at radius 2 is 2.35 bits per heavy atom. The minimum absolute atomic E-state index is 0.0259. The molecular formula is C13H18O4. The van der Waals surface area contributed by atoms with Crippen LogP contribution in [0.1, 0.15) is 44.3 Å². The summed E-state index contributed by atoms with van der Waals surface area (Å²) in [5.41, 5.74) is -0.495. The molecule has 1 aromatic heterocycles. The molecule has 0 radical (unpaired) electrons. The first-order chi connectivity index (χ1) is 8.19. The predicted molar refractivity (Wildman–Crippen MR) is 63.3 cm³/mol. The highest BCUT2D eigenvalue weighted by Gasteiger charge is 2.22. The molecule has 0 saturated carbocycles. The SMILES string of the molecule is CCC(CC1CCCO1)c1cc(O)cc(=O)o1. The second-order valence-electron chi connectivity index (χ2n) is 4.51. The Kier molecular flexibility index (Phi) is 3.84. The first kappa shape index (κ1) is 12.2. The van der Waals surface area contributed by atoms with Crippen molar-refractivity contribution in [1.29, 1.82) is 0 Å². The minimum atomic E-state index is -0.495. The van der Waals surface area contributed by atoms with Gasteiger partial charge >= 0.3 is 5.63 Å². The van der Waals surface area contributed by atoms with E-state index < -0.39 is 5.63 Å². The van der Waals surface area contributed by atoms with Gasteiger partial charge in [0.05, 0.1) is 12.2 Å². The molecule has 1 N–H and O–H groups in total. The van der Waals surface area contributed by atoms with E-state index in [9.17, 15) is 9.90 Å². The second-order valence-corrected chi connectivity index (χ2v) is 4.51. The van der Waals surface area contributed by atoms with Crippen LogP contribution in [0.3, 0.4) is 0 Å². The molecule has 2 atom stereocenters. The Bertz CT molecular complexity index is 418. The molecule has 94 valence electrons. The van der Waals surface area contributed by atoms with E-state index in [-0.39, 0.29) is 17.8 Å². The van der Waals surface area contributed by atoms with Gasteiger partial charge in [-0.25, -0.2) is 4.79 Å². The molecule has 1 aromatic rings. The van der Waals surface area contributed by atoms with Crippen molar-refractivity contribution in [3.8, 4) is 5.75 Å². The summed E-state index contributed by atoms with van der Waals surface area (Å²) in [6.07, 6.45) is 4.15. The lowest BCUT2D eigenvalue weighted by molar-refractivity contribution is 0.0948. The van der Waals surface area contributed by atoms with Gasteiger partial charge in [0.1, 0.15) is 11.5 Å². The molecule has 2 rings (SSSR count). The largest absolute Gasteiger partial charge is 0.508 e. The number of hydrogen-bond donors (Lipinski definition) is 1. The summed E-state index contributed by atoms with van der Waals surface area (Å²) in [6.45, 7) is 2.87. The van der Waals surface area contributed by atoms with Crippen LogP contribution >= 0.6 is 0 Å². The lowest BCUT2D eigenvalue weighted by atomic mass is 9.94. The Balaban J connectivity index is 2.13. The normalized spacial score (nSPS) is 21.6. The molecule has 2 unspecified atom stereocenters. The molecule has 0 amide bonds. The average molecular weight is 238 g/mol. The van der Waals surface area contributed by atoms with Gasteiger partial charge in [0, 0.05) is 18.6 Å². The summed E-state index contributed by atoms with van der Waals surface area (Å²) in [4.78, 5) is 11.2. The van der Waals surface area contributed by atoms with E-state index >= 15 is 0 Å². The zero-order valence-corrected chi connectivity index (χ0v) is 10.0. The summed E-state index contributed by atoms with van der Waals surface area (Å²) in [5, 5.41) is 9.41. The number of ether oxygens (including phenoxy) is 1. The molecule has 1 aliphatic heterocycles. The molecule has 4 heteroatoms. The van der Waals surface area contributed by atoms with Crippen molar-refractivity contribution in [3.05, 3.63) is 28.3 Å². The lowest BCUT2D eigenvalue weighted by Crippen LogP contribution is -2.12. The van der Waals surface area contributed by atoms with E-state index in [0.29, 0.717) is 5.76 Å². The van der Waals surface area contributed by atoms with Crippen LogP contribution in [-0.2, 0) is 4.74 Å². The van der Waals surface area contributed by atoms with Gasteiger partial charge in [0.15, 0.2) is 0 Å². The molecule has 1 fully saturated rings. The fourth-order valence-corrected chi connectivity index (χ4v) is 2.32. The van der Waals surface area contributed by atoms with Crippen LogP contribution in [0, 0.1) is 0 Å². The van der Waals surface area contributed by atoms with E-state index in [1.807, 2.05) is 6.92 Å². The third kappa shape index (κ3) is 3.09. The van der Waals surface area contributed by atoms with E-state index in [4.69, 9.17) is 9.15 Å². The van der Waals surface area contributed by atoms with Crippen LogP contribution in [0.4, 0.5) is 0 Å². The molecule has 0 aromatic carbocycles. The lowest BCUT2D eigenvalue weighted by Gasteiger charge is -2.17. The molecule has 1 saturated heterocycles. The van der Waals surface area contributed by atoms with Gasteiger partial charge in [-0.15, -0.1) is 0 Å². The highest BCUT2D eigenvalue weighted by molar-refractivity contribution is 5.20. The highest BCUT2D eigenvalue weighted by atomic mass is 16.5. The molecule has 1 aliphatic rings. The van der Waals surface area contributed by atoms with Gasteiger partial charge in [0.25, 0.3) is 0 Å². The van der Waals surface area contributed by atoms with Crippen molar-refractivity contribution in [2.75, 3.05) is 6.61 Å². The van der Waals surface area contributed by atoms with E-state index in [2.05, 4.69) is 0 Å². The molecule has 0 spiro atoms. The van der Waals surface area contributed by atoms with E-state index in [0.717, 1.165) is 38.4 Å².